The molecule has 0 spiro atoms. The van der Waals surface area contributed by atoms with Crippen LogP contribution in [0.2, 0.25) is 0 Å². The highest BCUT2D eigenvalue weighted by Gasteiger charge is 2.32. The first-order chi connectivity index (χ1) is 13.7. The summed E-state index contributed by atoms with van der Waals surface area (Å²) in [7, 11) is 1.69. The molecule has 2 aliphatic rings. The highest BCUT2D eigenvalue weighted by atomic mass is 16.5. The summed E-state index contributed by atoms with van der Waals surface area (Å²) in [6, 6.07) is 15.5. The Kier molecular flexibility index (Phi) is 5.39. The monoisotopic (exact) mass is 381 g/mol. The van der Waals surface area contributed by atoms with Gasteiger partial charge in [-0.3, -0.25) is 0 Å². The van der Waals surface area contributed by atoms with Crippen molar-refractivity contribution in [1.82, 2.24) is 10.6 Å². The number of rotatable bonds is 4. The molecule has 0 radical (unpaired) electrons. The van der Waals surface area contributed by atoms with E-state index >= 15 is 0 Å². The number of aliphatic hydroxyl groups is 1. The summed E-state index contributed by atoms with van der Waals surface area (Å²) in [5.41, 5.74) is 3.21. The Morgan fingerprint density at radius 1 is 1.07 bits per heavy atom. The van der Waals surface area contributed by atoms with Crippen molar-refractivity contribution in [3.63, 3.8) is 0 Å². The Morgan fingerprint density at radius 3 is 2.57 bits per heavy atom. The summed E-state index contributed by atoms with van der Waals surface area (Å²) >= 11 is 0. The van der Waals surface area contributed by atoms with E-state index in [0.29, 0.717) is 6.42 Å². The predicted molar refractivity (Wildman–Crippen MR) is 109 cm³/mol. The first-order valence-corrected chi connectivity index (χ1v) is 9.86. The van der Waals surface area contributed by atoms with E-state index in [0.717, 1.165) is 48.5 Å². The number of nitrogens with zero attached hydrogens (tertiary/aromatic N) is 1. The average Bonchev–Trinajstić information content (AvgIpc) is 3.04. The second-order valence-corrected chi connectivity index (χ2v) is 7.50. The fraction of sp³-hybridized carbons (Fsp3) is 0.409. The molecule has 0 aromatic heterocycles. The van der Waals surface area contributed by atoms with Crippen molar-refractivity contribution in [3.05, 3.63) is 59.7 Å². The van der Waals surface area contributed by atoms with Crippen LogP contribution in [0.15, 0.2) is 48.5 Å². The summed E-state index contributed by atoms with van der Waals surface area (Å²) in [5, 5.41) is 16.4. The molecule has 0 bridgehead atoms. The molecule has 0 unspecified atom stereocenters. The van der Waals surface area contributed by atoms with Crippen molar-refractivity contribution in [2.45, 2.75) is 37.5 Å². The summed E-state index contributed by atoms with van der Waals surface area (Å²) in [5.74, 6) is 0.875. The Hall–Kier alpha value is -2.73. The first kappa shape index (κ1) is 18.6. The third kappa shape index (κ3) is 3.78. The van der Waals surface area contributed by atoms with Crippen LogP contribution in [0.5, 0.6) is 5.75 Å². The molecule has 2 atom stereocenters. The fourth-order valence-electron chi connectivity index (χ4n) is 4.27. The van der Waals surface area contributed by atoms with Crippen molar-refractivity contribution < 1.29 is 14.6 Å². The number of anilines is 1. The van der Waals surface area contributed by atoms with Gasteiger partial charge in [0.2, 0.25) is 0 Å². The molecule has 148 valence electrons. The average molecular weight is 381 g/mol. The maximum Gasteiger partial charge on any atom is 0.315 e. The number of amides is 2. The zero-order chi connectivity index (χ0) is 19.5. The molecule has 1 aliphatic carbocycles. The van der Waals surface area contributed by atoms with Crippen LogP contribution in [0.1, 0.15) is 30.0 Å². The van der Waals surface area contributed by atoms with E-state index in [1.54, 1.807) is 7.11 Å². The summed E-state index contributed by atoms with van der Waals surface area (Å²) in [6.45, 7) is 1.72. The number of carbonyl (C=O) groups excluding carboxylic acids is 1. The third-order valence-corrected chi connectivity index (χ3v) is 5.75. The quantitative estimate of drug-likeness (QED) is 0.761. The van der Waals surface area contributed by atoms with E-state index in [1.807, 2.05) is 42.5 Å². The van der Waals surface area contributed by atoms with Crippen molar-refractivity contribution in [1.29, 1.82) is 0 Å². The molecule has 1 heterocycles. The van der Waals surface area contributed by atoms with Crippen molar-refractivity contribution >= 4 is 11.7 Å². The minimum absolute atomic E-state index is 0.125. The van der Waals surface area contributed by atoms with Crippen molar-refractivity contribution in [2.75, 3.05) is 25.1 Å². The number of piperidine rings is 1. The predicted octanol–water partition coefficient (Wildman–Crippen LogP) is 2.62. The number of carbonyl (C=O) groups is 1. The number of hydrogen-bond donors (Lipinski definition) is 3. The molecule has 6 heteroatoms. The van der Waals surface area contributed by atoms with Crippen LogP contribution in [0, 0.1) is 0 Å². The topological polar surface area (TPSA) is 73.8 Å². The minimum Gasteiger partial charge on any atom is -0.495 e. The summed E-state index contributed by atoms with van der Waals surface area (Å²) in [4.78, 5) is 14.8. The van der Waals surface area contributed by atoms with Gasteiger partial charge in [-0.15, -0.1) is 0 Å². The molecule has 1 saturated heterocycles. The second kappa shape index (κ2) is 8.10. The molecule has 4 rings (SSSR count). The smallest absolute Gasteiger partial charge is 0.315 e. The minimum atomic E-state index is -0.574. The number of urea groups is 1. The molecular weight excluding hydrogens is 354 g/mol. The van der Waals surface area contributed by atoms with Gasteiger partial charge >= 0.3 is 6.03 Å². The van der Waals surface area contributed by atoms with Gasteiger partial charge in [-0.25, -0.2) is 4.79 Å². The van der Waals surface area contributed by atoms with Crippen LogP contribution in [-0.2, 0) is 6.42 Å². The molecule has 1 aliphatic heterocycles. The Labute approximate surface area is 165 Å². The SMILES string of the molecule is COc1ccccc1N1CCC(NC(=O)N[C@@H]2c3ccccc3C[C@@H]2O)CC1. The molecular formula is C22H27N3O3. The maximum absolute atomic E-state index is 12.5. The van der Waals surface area contributed by atoms with Crippen LogP contribution in [0.4, 0.5) is 10.5 Å². The highest BCUT2D eigenvalue weighted by Crippen LogP contribution is 2.32. The molecule has 6 nitrogen and oxygen atoms in total. The normalized spacial score (nSPS) is 21.9. The number of nitrogens with one attached hydrogen (secondary N) is 2. The Balaban J connectivity index is 1.31. The molecule has 1 fully saturated rings. The van der Waals surface area contributed by atoms with Gasteiger partial charge in [0.25, 0.3) is 0 Å². The second-order valence-electron chi connectivity index (χ2n) is 7.50. The van der Waals surface area contributed by atoms with Crippen molar-refractivity contribution in [3.8, 4) is 5.75 Å². The molecule has 2 aromatic carbocycles. The molecule has 0 saturated carbocycles. The number of benzene rings is 2. The van der Waals surface area contributed by atoms with Gasteiger partial charge in [0.1, 0.15) is 5.75 Å². The molecule has 28 heavy (non-hydrogen) atoms. The van der Waals surface area contributed by atoms with Gasteiger partial charge in [-0.05, 0) is 36.1 Å². The standard InChI is InChI=1S/C22H27N3O3/c1-28-20-9-5-4-8-18(20)25-12-10-16(11-13-25)23-22(27)24-21-17-7-3-2-6-15(17)14-19(21)26/h2-9,16,19,21,26H,10-14H2,1H3,(H2,23,24,27)/t19-,21+/m0/s1. The van der Waals surface area contributed by atoms with Crippen LogP contribution in [0.3, 0.4) is 0 Å². The number of ether oxygens (including phenoxy) is 1. The lowest BCUT2D eigenvalue weighted by molar-refractivity contribution is 0.141. The van der Waals surface area contributed by atoms with Crippen LogP contribution < -0.4 is 20.3 Å². The first-order valence-electron chi connectivity index (χ1n) is 9.86. The highest BCUT2D eigenvalue weighted by molar-refractivity contribution is 5.75. The summed E-state index contributed by atoms with van der Waals surface area (Å²) in [6.07, 6.45) is 1.75. The van der Waals surface area contributed by atoms with Gasteiger partial charge in [0.15, 0.2) is 0 Å². The number of methoxy groups -OCH3 is 1. The number of hydrogen-bond acceptors (Lipinski definition) is 4. The van der Waals surface area contributed by atoms with Gasteiger partial charge in [-0.1, -0.05) is 36.4 Å². The largest absolute Gasteiger partial charge is 0.495 e. The zero-order valence-electron chi connectivity index (χ0n) is 16.1. The number of aliphatic hydroxyl groups excluding tert-OH is 1. The lowest BCUT2D eigenvalue weighted by Crippen LogP contribution is -2.49. The van der Waals surface area contributed by atoms with Crippen LogP contribution in [0.25, 0.3) is 0 Å². The molecule has 2 amide bonds. The third-order valence-electron chi connectivity index (χ3n) is 5.75. The number of fused-ring (bicyclic) bond motifs is 1. The Bertz CT molecular complexity index is 833. The Morgan fingerprint density at radius 2 is 1.79 bits per heavy atom. The molecule has 2 aromatic rings. The maximum atomic E-state index is 12.5. The van der Waals surface area contributed by atoms with E-state index in [4.69, 9.17) is 4.74 Å². The van der Waals surface area contributed by atoms with E-state index < -0.39 is 6.10 Å². The van der Waals surface area contributed by atoms with Gasteiger partial charge < -0.3 is 25.4 Å². The lowest BCUT2D eigenvalue weighted by Gasteiger charge is -2.34. The van der Waals surface area contributed by atoms with Gasteiger partial charge in [0, 0.05) is 25.6 Å². The lowest BCUT2D eigenvalue weighted by atomic mass is 10.0. The van der Waals surface area contributed by atoms with Gasteiger partial charge in [-0.2, -0.15) is 0 Å². The van der Waals surface area contributed by atoms with E-state index in [1.165, 1.54) is 0 Å². The van der Waals surface area contributed by atoms with Crippen molar-refractivity contribution in [2.24, 2.45) is 0 Å². The summed E-state index contributed by atoms with van der Waals surface area (Å²) < 4.78 is 5.46. The fourth-order valence-corrected chi connectivity index (χ4v) is 4.27. The molecule has 3 N–H and O–H groups in total. The van der Waals surface area contributed by atoms with E-state index in [2.05, 4.69) is 21.6 Å². The van der Waals surface area contributed by atoms with Crippen LogP contribution >= 0.6 is 0 Å². The van der Waals surface area contributed by atoms with E-state index in [-0.39, 0.29) is 18.1 Å². The number of para-hydroxylation sites is 2. The van der Waals surface area contributed by atoms with E-state index in [9.17, 15) is 9.90 Å². The van der Waals surface area contributed by atoms with Gasteiger partial charge in [0.05, 0.1) is 24.9 Å². The van der Waals surface area contributed by atoms with Crippen LogP contribution in [-0.4, -0.2) is 43.5 Å². The zero-order valence-corrected chi connectivity index (χ0v) is 16.1.